The van der Waals surface area contributed by atoms with Crippen molar-refractivity contribution in [1.82, 2.24) is 4.57 Å². The summed E-state index contributed by atoms with van der Waals surface area (Å²) in [5, 5.41) is 9.19. The monoisotopic (exact) mass is 257 g/mol. The zero-order valence-corrected chi connectivity index (χ0v) is 11.3. The van der Waals surface area contributed by atoms with Crippen molar-refractivity contribution in [2.24, 2.45) is 0 Å². The van der Waals surface area contributed by atoms with Crippen LogP contribution in [-0.4, -0.2) is 15.6 Å². The third-order valence-electron chi connectivity index (χ3n) is 3.25. The molecule has 1 aromatic heterocycles. The molecular weight excluding hydrogens is 238 g/mol. The van der Waals surface area contributed by atoms with Gasteiger partial charge >= 0.3 is 5.97 Å². The molecule has 0 aliphatic heterocycles. The predicted molar refractivity (Wildman–Crippen MR) is 75.6 cm³/mol. The van der Waals surface area contributed by atoms with Crippen molar-refractivity contribution in [3.05, 3.63) is 59.4 Å². The van der Waals surface area contributed by atoms with Crippen molar-refractivity contribution < 1.29 is 9.90 Å². The highest BCUT2D eigenvalue weighted by molar-refractivity contribution is 5.86. The Morgan fingerprint density at radius 1 is 1.11 bits per heavy atom. The minimum atomic E-state index is -0.861. The molecule has 0 amide bonds. The smallest absolute Gasteiger partial charge is 0.352 e. The van der Waals surface area contributed by atoms with E-state index < -0.39 is 5.97 Å². The number of hydrogen-bond donors (Lipinski definition) is 1. The molecule has 2 rings (SSSR count). The molecule has 0 aliphatic carbocycles. The van der Waals surface area contributed by atoms with Gasteiger partial charge in [0, 0.05) is 11.7 Å². The largest absolute Gasteiger partial charge is 0.477 e. The maximum Gasteiger partial charge on any atom is 0.352 e. The van der Waals surface area contributed by atoms with Crippen molar-refractivity contribution in [3.8, 4) is 0 Å². The summed E-state index contributed by atoms with van der Waals surface area (Å²) in [6.07, 6.45) is 1.78. The molecule has 0 unspecified atom stereocenters. The lowest BCUT2D eigenvalue weighted by atomic mass is 10.1. The quantitative estimate of drug-likeness (QED) is 0.890. The molecule has 3 heteroatoms. The molecule has 0 saturated heterocycles. The average molecular weight is 257 g/mol. The Kier molecular flexibility index (Phi) is 4.05. The van der Waals surface area contributed by atoms with Gasteiger partial charge in [-0.15, -0.1) is 0 Å². The molecule has 2 aromatic rings. The summed E-state index contributed by atoms with van der Waals surface area (Å²) in [6, 6.07) is 14.0. The number of aromatic carboxylic acids is 1. The molecule has 0 bridgehead atoms. The fraction of sp³-hybridized carbons (Fsp3) is 0.312. The standard InChI is InChI=1S/C16H19NO2/c1-12(2)17-14(10-11-15(17)16(18)19)9-8-13-6-4-3-5-7-13/h3-7,10-12H,8-9H2,1-2H3,(H,18,19). The van der Waals surface area contributed by atoms with Gasteiger partial charge in [-0.1, -0.05) is 30.3 Å². The van der Waals surface area contributed by atoms with Crippen molar-refractivity contribution in [3.63, 3.8) is 0 Å². The van der Waals surface area contributed by atoms with Gasteiger partial charge < -0.3 is 9.67 Å². The van der Waals surface area contributed by atoms with Gasteiger partial charge in [0.15, 0.2) is 0 Å². The average Bonchev–Trinajstić information content (AvgIpc) is 2.81. The van der Waals surface area contributed by atoms with Crippen LogP contribution >= 0.6 is 0 Å². The Morgan fingerprint density at radius 3 is 2.37 bits per heavy atom. The highest BCUT2D eigenvalue weighted by Gasteiger charge is 2.15. The van der Waals surface area contributed by atoms with Gasteiger partial charge in [-0.3, -0.25) is 0 Å². The molecule has 0 saturated carbocycles. The molecule has 19 heavy (non-hydrogen) atoms. The molecule has 0 aliphatic rings. The second kappa shape index (κ2) is 5.74. The lowest BCUT2D eigenvalue weighted by molar-refractivity contribution is 0.0683. The van der Waals surface area contributed by atoms with Gasteiger partial charge in [0.1, 0.15) is 5.69 Å². The van der Waals surface area contributed by atoms with Crippen LogP contribution in [-0.2, 0) is 12.8 Å². The van der Waals surface area contributed by atoms with Crippen molar-refractivity contribution in [2.45, 2.75) is 32.7 Å². The first-order valence-corrected chi connectivity index (χ1v) is 6.57. The van der Waals surface area contributed by atoms with E-state index in [-0.39, 0.29) is 6.04 Å². The minimum Gasteiger partial charge on any atom is -0.477 e. The normalized spacial score (nSPS) is 10.9. The van der Waals surface area contributed by atoms with Crippen LogP contribution in [0.3, 0.4) is 0 Å². The van der Waals surface area contributed by atoms with Crippen LogP contribution < -0.4 is 0 Å². The summed E-state index contributed by atoms with van der Waals surface area (Å²) in [7, 11) is 0. The summed E-state index contributed by atoms with van der Waals surface area (Å²) in [4.78, 5) is 11.2. The number of benzene rings is 1. The molecule has 1 aromatic carbocycles. The van der Waals surface area contributed by atoms with E-state index in [1.807, 2.05) is 42.7 Å². The van der Waals surface area contributed by atoms with Crippen molar-refractivity contribution >= 4 is 5.97 Å². The zero-order valence-electron chi connectivity index (χ0n) is 11.3. The summed E-state index contributed by atoms with van der Waals surface area (Å²) < 4.78 is 1.91. The van der Waals surface area contributed by atoms with E-state index in [1.54, 1.807) is 6.07 Å². The molecule has 1 N–H and O–H groups in total. The fourth-order valence-electron chi connectivity index (χ4n) is 2.40. The summed E-state index contributed by atoms with van der Waals surface area (Å²) >= 11 is 0. The Labute approximate surface area is 113 Å². The van der Waals surface area contributed by atoms with Crippen LogP contribution in [0.5, 0.6) is 0 Å². The molecule has 1 heterocycles. The summed E-state index contributed by atoms with van der Waals surface area (Å²) in [5.74, 6) is -0.861. The SMILES string of the molecule is CC(C)n1c(CCc2ccccc2)ccc1C(=O)O. The van der Waals surface area contributed by atoms with Gasteiger partial charge in [-0.25, -0.2) is 4.79 Å². The van der Waals surface area contributed by atoms with E-state index in [9.17, 15) is 9.90 Å². The lowest BCUT2D eigenvalue weighted by Crippen LogP contribution is -2.13. The Morgan fingerprint density at radius 2 is 1.79 bits per heavy atom. The Balaban J connectivity index is 2.19. The fourth-order valence-corrected chi connectivity index (χ4v) is 2.40. The van der Waals surface area contributed by atoms with Gasteiger partial charge in [0.25, 0.3) is 0 Å². The Bertz CT molecular complexity index is 555. The van der Waals surface area contributed by atoms with Crippen LogP contribution in [0.25, 0.3) is 0 Å². The number of carboxylic acid groups (broad SMARTS) is 1. The van der Waals surface area contributed by atoms with Crippen LogP contribution in [0, 0.1) is 0 Å². The van der Waals surface area contributed by atoms with E-state index in [0.717, 1.165) is 18.5 Å². The van der Waals surface area contributed by atoms with E-state index in [1.165, 1.54) is 5.56 Å². The van der Waals surface area contributed by atoms with Gasteiger partial charge in [0.05, 0.1) is 0 Å². The first-order valence-electron chi connectivity index (χ1n) is 6.57. The van der Waals surface area contributed by atoms with E-state index in [0.29, 0.717) is 5.69 Å². The van der Waals surface area contributed by atoms with Crippen LogP contribution in [0.1, 0.15) is 41.6 Å². The van der Waals surface area contributed by atoms with E-state index >= 15 is 0 Å². The molecule has 3 nitrogen and oxygen atoms in total. The number of aromatic nitrogens is 1. The summed E-state index contributed by atoms with van der Waals surface area (Å²) in [6.45, 7) is 4.02. The number of rotatable bonds is 5. The number of hydrogen-bond acceptors (Lipinski definition) is 1. The zero-order chi connectivity index (χ0) is 13.8. The van der Waals surface area contributed by atoms with E-state index in [2.05, 4.69) is 12.1 Å². The number of nitrogens with zero attached hydrogens (tertiary/aromatic N) is 1. The second-order valence-electron chi connectivity index (χ2n) is 4.96. The topological polar surface area (TPSA) is 42.2 Å². The lowest BCUT2D eigenvalue weighted by Gasteiger charge is -2.15. The van der Waals surface area contributed by atoms with Crippen LogP contribution in [0.4, 0.5) is 0 Å². The molecule has 0 fully saturated rings. The molecule has 100 valence electrons. The number of carbonyl (C=O) groups is 1. The van der Waals surface area contributed by atoms with Crippen molar-refractivity contribution in [1.29, 1.82) is 0 Å². The first kappa shape index (κ1) is 13.4. The molecule has 0 radical (unpaired) electrons. The maximum atomic E-state index is 11.2. The maximum absolute atomic E-state index is 11.2. The predicted octanol–water partition coefficient (Wildman–Crippen LogP) is 3.55. The highest BCUT2D eigenvalue weighted by atomic mass is 16.4. The van der Waals surface area contributed by atoms with Crippen molar-refractivity contribution in [2.75, 3.05) is 0 Å². The van der Waals surface area contributed by atoms with Gasteiger partial charge in [0.2, 0.25) is 0 Å². The Hall–Kier alpha value is -2.03. The van der Waals surface area contributed by atoms with Crippen LogP contribution in [0.2, 0.25) is 0 Å². The van der Waals surface area contributed by atoms with Gasteiger partial charge in [-0.05, 0) is 44.4 Å². The second-order valence-corrected chi connectivity index (χ2v) is 4.96. The number of aryl methyl sites for hydroxylation is 2. The molecule has 0 atom stereocenters. The minimum absolute atomic E-state index is 0.159. The third kappa shape index (κ3) is 3.05. The van der Waals surface area contributed by atoms with Gasteiger partial charge in [-0.2, -0.15) is 0 Å². The van der Waals surface area contributed by atoms with Crippen LogP contribution in [0.15, 0.2) is 42.5 Å². The number of carboxylic acids is 1. The molecular formula is C16H19NO2. The first-order chi connectivity index (χ1) is 9.09. The van der Waals surface area contributed by atoms with E-state index in [4.69, 9.17) is 0 Å². The molecule has 0 spiro atoms. The summed E-state index contributed by atoms with van der Waals surface area (Å²) in [5.41, 5.74) is 2.73. The highest BCUT2D eigenvalue weighted by Crippen LogP contribution is 2.18. The third-order valence-corrected chi connectivity index (χ3v) is 3.25.